The van der Waals surface area contributed by atoms with Crippen LogP contribution in [-0.4, -0.2) is 43.8 Å². The van der Waals surface area contributed by atoms with Crippen molar-refractivity contribution in [1.82, 2.24) is 9.29 Å². The molecule has 1 aliphatic heterocycles. The van der Waals surface area contributed by atoms with Crippen LogP contribution in [0.3, 0.4) is 0 Å². The van der Waals surface area contributed by atoms with E-state index < -0.39 is 15.9 Å². The lowest BCUT2D eigenvalue weighted by Gasteiger charge is -2.31. The molecule has 1 saturated heterocycles. The van der Waals surface area contributed by atoms with Crippen LogP contribution in [0.1, 0.15) is 23.3 Å². The number of hydrogen-bond donors (Lipinski definition) is 1. The first-order valence-corrected chi connectivity index (χ1v) is 13.2. The highest BCUT2D eigenvalue weighted by atomic mass is 32.2. The topological polar surface area (TPSA) is 88.6 Å². The van der Waals surface area contributed by atoms with Crippen LogP contribution in [0.4, 0.5) is 5.13 Å². The van der Waals surface area contributed by atoms with E-state index in [0.29, 0.717) is 30.3 Å². The molecule has 172 valence electrons. The average Bonchev–Trinajstić information content (AvgIpc) is 3.27. The summed E-state index contributed by atoms with van der Waals surface area (Å²) in [6, 6.07) is 14.6. The standard InChI is InChI=1S/C24H25N3O4S2/c1-31-18-9-11-19(12-10-18)33(29,30)27-14-4-6-17(15-27)23(28)26-24-25-22-20-7-3-2-5-16(20)8-13-21(22)32-24/h2-3,5,7,9-12,17H,4,6,8,13-15H2,1H3,(H,25,26,28). The van der Waals surface area contributed by atoms with E-state index in [0.717, 1.165) is 24.1 Å². The van der Waals surface area contributed by atoms with Gasteiger partial charge in [-0.15, -0.1) is 11.3 Å². The van der Waals surface area contributed by atoms with E-state index in [4.69, 9.17) is 9.72 Å². The predicted molar refractivity (Wildman–Crippen MR) is 128 cm³/mol. The number of anilines is 1. The first kappa shape index (κ1) is 22.1. The molecule has 1 N–H and O–H groups in total. The first-order valence-electron chi connectivity index (χ1n) is 11.0. The zero-order chi connectivity index (χ0) is 23.0. The normalized spacial score (nSPS) is 18.3. The predicted octanol–water partition coefficient (Wildman–Crippen LogP) is 3.96. The molecule has 2 aromatic carbocycles. The van der Waals surface area contributed by atoms with Crippen molar-refractivity contribution < 1.29 is 17.9 Å². The Kier molecular flexibility index (Phi) is 5.94. The Morgan fingerprint density at radius 1 is 1.15 bits per heavy atom. The number of aryl methyl sites for hydroxylation is 2. The van der Waals surface area contributed by atoms with Crippen LogP contribution in [0, 0.1) is 5.92 Å². The van der Waals surface area contributed by atoms with E-state index in [9.17, 15) is 13.2 Å². The van der Waals surface area contributed by atoms with Crippen molar-refractivity contribution in [3.8, 4) is 17.0 Å². The number of methoxy groups -OCH3 is 1. The summed E-state index contributed by atoms with van der Waals surface area (Å²) in [6.45, 7) is 0.564. The van der Waals surface area contributed by atoms with Gasteiger partial charge < -0.3 is 10.1 Å². The molecular weight excluding hydrogens is 458 g/mol. The van der Waals surface area contributed by atoms with Gasteiger partial charge in [0, 0.05) is 23.5 Å². The number of ether oxygens (including phenoxy) is 1. The van der Waals surface area contributed by atoms with Crippen LogP contribution in [0.25, 0.3) is 11.3 Å². The molecule has 1 atom stereocenters. The smallest absolute Gasteiger partial charge is 0.243 e. The van der Waals surface area contributed by atoms with Crippen molar-refractivity contribution in [1.29, 1.82) is 0 Å². The number of nitrogens with zero attached hydrogens (tertiary/aromatic N) is 2. The number of amides is 1. The zero-order valence-electron chi connectivity index (χ0n) is 18.3. The maximum Gasteiger partial charge on any atom is 0.243 e. The minimum Gasteiger partial charge on any atom is -0.497 e. The fourth-order valence-corrected chi connectivity index (χ4v) is 6.98. The molecule has 3 aromatic rings. The summed E-state index contributed by atoms with van der Waals surface area (Å²) in [5.41, 5.74) is 3.36. The second kappa shape index (κ2) is 8.89. The summed E-state index contributed by atoms with van der Waals surface area (Å²) in [6.07, 6.45) is 3.17. The van der Waals surface area contributed by atoms with Crippen molar-refractivity contribution in [2.75, 3.05) is 25.5 Å². The summed E-state index contributed by atoms with van der Waals surface area (Å²) in [4.78, 5) is 19.1. The van der Waals surface area contributed by atoms with Gasteiger partial charge in [-0.3, -0.25) is 4.79 Å². The molecule has 7 nitrogen and oxygen atoms in total. The number of piperidine rings is 1. The quantitative estimate of drug-likeness (QED) is 0.594. The molecule has 1 fully saturated rings. The Balaban J connectivity index is 1.30. The van der Waals surface area contributed by atoms with Crippen LogP contribution in [0.15, 0.2) is 53.4 Å². The van der Waals surface area contributed by atoms with Gasteiger partial charge in [-0.05, 0) is 55.5 Å². The molecule has 9 heteroatoms. The monoisotopic (exact) mass is 483 g/mol. The van der Waals surface area contributed by atoms with Gasteiger partial charge >= 0.3 is 0 Å². The summed E-state index contributed by atoms with van der Waals surface area (Å²) < 4.78 is 32.7. The average molecular weight is 484 g/mol. The number of nitrogens with one attached hydrogen (secondary N) is 1. The Labute approximate surface area is 197 Å². The van der Waals surface area contributed by atoms with E-state index in [2.05, 4.69) is 17.4 Å². The molecule has 2 heterocycles. The number of thiazole rings is 1. The molecule has 0 radical (unpaired) electrons. The Morgan fingerprint density at radius 2 is 1.94 bits per heavy atom. The SMILES string of the molecule is COc1ccc(S(=O)(=O)N2CCCC(C(=O)Nc3nc4c(s3)CCc3ccccc3-4)C2)cc1. The number of sulfonamides is 1. The number of carbonyl (C=O) groups is 1. The zero-order valence-corrected chi connectivity index (χ0v) is 19.9. The molecular formula is C24H25N3O4S2. The molecule has 1 aliphatic carbocycles. The van der Waals surface area contributed by atoms with Gasteiger partial charge in [-0.25, -0.2) is 13.4 Å². The number of aromatic nitrogens is 1. The first-order chi connectivity index (χ1) is 16.0. The second-order valence-corrected chi connectivity index (χ2v) is 11.3. The van der Waals surface area contributed by atoms with Crippen LogP contribution in [-0.2, 0) is 27.7 Å². The van der Waals surface area contributed by atoms with Crippen LogP contribution in [0.5, 0.6) is 5.75 Å². The molecule has 33 heavy (non-hydrogen) atoms. The fourth-order valence-electron chi connectivity index (χ4n) is 4.48. The van der Waals surface area contributed by atoms with Crippen LogP contribution in [0.2, 0.25) is 0 Å². The minimum absolute atomic E-state index is 0.161. The Hall–Kier alpha value is -2.75. The van der Waals surface area contributed by atoms with Crippen LogP contribution >= 0.6 is 11.3 Å². The maximum absolute atomic E-state index is 13.1. The molecule has 0 saturated carbocycles. The lowest BCUT2D eigenvalue weighted by molar-refractivity contribution is -0.120. The van der Waals surface area contributed by atoms with Crippen LogP contribution < -0.4 is 10.1 Å². The van der Waals surface area contributed by atoms with E-state index in [-0.39, 0.29) is 17.3 Å². The lowest BCUT2D eigenvalue weighted by Crippen LogP contribution is -2.43. The highest BCUT2D eigenvalue weighted by Crippen LogP contribution is 2.38. The summed E-state index contributed by atoms with van der Waals surface area (Å²) in [5, 5.41) is 3.54. The Bertz CT molecular complexity index is 1290. The highest BCUT2D eigenvalue weighted by molar-refractivity contribution is 7.89. The van der Waals surface area contributed by atoms with Gasteiger partial charge in [0.1, 0.15) is 5.75 Å². The molecule has 1 unspecified atom stereocenters. The van der Waals surface area contributed by atoms with Crippen molar-refractivity contribution in [2.24, 2.45) is 5.92 Å². The van der Waals surface area contributed by atoms with E-state index >= 15 is 0 Å². The van der Waals surface area contributed by atoms with E-state index in [1.54, 1.807) is 12.1 Å². The molecule has 5 rings (SSSR count). The van der Waals surface area contributed by atoms with Crippen molar-refractivity contribution in [3.05, 3.63) is 59.0 Å². The van der Waals surface area contributed by atoms with E-state index in [1.165, 1.54) is 45.3 Å². The third kappa shape index (κ3) is 4.28. The van der Waals surface area contributed by atoms with E-state index in [1.807, 2.05) is 12.1 Å². The van der Waals surface area contributed by atoms with Gasteiger partial charge in [-0.1, -0.05) is 24.3 Å². The third-order valence-electron chi connectivity index (χ3n) is 6.27. The number of fused-ring (bicyclic) bond motifs is 3. The summed E-state index contributed by atoms with van der Waals surface area (Å²) in [7, 11) is -2.14. The van der Waals surface area contributed by atoms with Gasteiger partial charge in [0.25, 0.3) is 0 Å². The number of hydrogen-bond acceptors (Lipinski definition) is 6. The fraction of sp³-hybridized carbons (Fsp3) is 0.333. The Morgan fingerprint density at radius 3 is 2.73 bits per heavy atom. The maximum atomic E-state index is 13.1. The molecule has 0 bridgehead atoms. The molecule has 2 aliphatic rings. The highest BCUT2D eigenvalue weighted by Gasteiger charge is 2.34. The molecule has 0 spiro atoms. The summed E-state index contributed by atoms with van der Waals surface area (Å²) >= 11 is 1.51. The van der Waals surface area contributed by atoms with Crippen molar-refractivity contribution in [2.45, 2.75) is 30.6 Å². The summed E-state index contributed by atoms with van der Waals surface area (Å²) in [5.74, 6) is 0.00242. The van der Waals surface area contributed by atoms with Gasteiger partial charge in [0.2, 0.25) is 15.9 Å². The van der Waals surface area contributed by atoms with Crippen molar-refractivity contribution >= 4 is 32.4 Å². The van der Waals surface area contributed by atoms with Crippen molar-refractivity contribution in [3.63, 3.8) is 0 Å². The number of benzene rings is 2. The lowest BCUT2D eigenvalue weighted by atomic mass is 9.94. The molecule has 1 aromatic heterocycles. The number of carbonyl (C=O) groups excluding carboxylic acids is 1. The largest absolute Gasteiger partial charge is 0.497 e. The van der Waals surface area contributed by atoms with Gasteiger partial charge in [0.05, 0.1) is 23.6 Å². The van der Waals surface area contributed by atoms with Gasteiger partial charge in [-0.2, -0.15) is 4.31 Å². The van der Waals surface area contributed by atoms with Gasteiger partial charge in [0.15, 0.2) is 5.13 Å². The number of rotatable bonds is 5. The minimum atomic E-state index is -3.68. The molecule has 1 amide bonds. The second-order valence-electron chi connectivity index (χ2n) is 8.31. The third-order valence-corrected chi connectivity index (χ3v) is 9.18.